The molecule has 0 unspecified atom stereocenters. The summed E-state index contributed by atoms with van der Waals surface area (Å²) >= 11 is 0. The summed E-state index contributed by atoms with van der Waals surface area (Å²) in [6.45, 7) is 8.68. The molecule has 0 amide bonds. The molecule has 0 saturated heterocycles. The largest absolute Gasteiger partial charge is 0.329 e. The lowest BCUT2D eigenvalue weighted by Crippen LogP contribution is -2.31. The van der Waals surface area contributed by atoms with Gasteiger partial charge >= 0.3 is 0 Å². The number of nitrogens with two attached hydrogens (primary N) is 1. The second-order valence-electron chi connectivity index (χ2n) is 3.79. The van der Waals surface area contributed by atoms with Gasteiger partial charge in [-0.2, -0.15) is 0 Å². The third-order valence-corrected chi connectivity index (χ3v) is 7.38. The van der Waals surface area contributed by atoms with Crippen LogP contribution in [0.1, 0.15) is 26.7 Å². The first-order chi connectivity index (χ1) is 8.85. The molecular formula is C12H28N2S4. The predicted molar refractivity (Wildman–Crippen MR) is 95.9 cm³/mol. The Morgan fingerprint density at radius 2 is 1.28 bits per heavy atom. The number of hydrogen-bond donors (Lipinski definition) is 1. The maximum atomic E-state index is 5.67. The van der Waals surface area contributed by atoms with E-state index in [1.54, 1.807) is 0 Å². The summed E-state index contributed by atoms with van der Waals surface area (Å²) < 4.78 is 0. The van der Waals surface area contributed by atoms with Gasteiger partial charge in [0.05, 0.1) is 0 Å². The lowest BCUT2D eigenvalue weighted by molar-refractivity contribution is 0.284. The predicted octanol–water partition coefficient (Wildman–Crippen LogP) is 3.83. The molecule has 0 spiro atoms. The van der Waals surface area contributed by atoms with E-state index in [1.807, 2.05) is 43.2 Å². The fraction of sp³-hybridized carbons (Fsp3) is 1.00. The zero-order chi connectivity index (χ0) is 13.5. The van der Waals surface area contributed by atoms with Gasteiger partial charge in [-0.1, -0.05) is 57.0 Å². The van der Waals surface area contributed by atoms with Gasteiger partial charge in [0.2, 0.25) is 0 Å². The van der Waals surface area contributed by atoms with Crippen molar-refractivity contribution in [3.8, 4) is 0 Å². The molecule has 0 aromatic heterocycles. The van der Waals surface area contributed by atoms with Crippen LogP contribution in [0.15, 0.2) is 0 Å². The molecule has 0 fully saturated rings. The molecule has 0 saturated carbocycles. The SMILES string of the molecule is CCSSCCCN(CCN)CCCSSCC. The minimum absolute atomic E-state index is 0.785. The normalized spacial score (nSPS) is 11.3. The zero-order valence-electron chi connectivity index (χ0n) is 11.7. The highest BCUT2D eigenvalue weighted by Gasteiger charge is 2.03. The Labute approximate surface area is 129 Å². The van der Waals surface area contributed by atoms with Gasteiger partial charge in [-0.3, -0.25) is 0 Å². The van der Waals surface area contributed by atoms with Crippen molar-refractivity contribution in [1.82, 2.24) is 4.90 Å². The van der Waals surface area contributed by atoms with E-state index < -0.39 is 0 Å². The highest BCUT2D eigenvalue weighted by Crippen LogP contribution is 2.22. The minimum atomic E-state index is 0.785. The first-order valence-corrected chi connectivity index (χ1v) is 11.7. The quantitative estimate of drug-likeness (QED) is 0.385. The van der Waals surface area contributed by atoms with Crippen LogP contribution < -0.4 is 5.73 Å². The van der Waals surface area contributed by atoms with Crippen molar-refractivity contribution in [3.63, 3.8) is 0 Å². The van der Waals surface area contributed by atoms with Crippen LogP contribution in [-0.4, -0.2) is 54.1 Å². The molecule has 0 aliphatic rings. The second kappa shape index (κ2) is 16.4. The number of hydrogen-bond acceptors (Lipinski definition) is 6. The van der Waals surface area contributed by atoms with Crippen molar-refractivity contribution in [2.75, 3.05) is 49.2 Å². The Morgan fingerprint density at radius 3 is 1.67 bits per heavy atom. The van der Waals surface area contributed by atoms with Crippen molar-refractivity contribution in [2.24, 2.45) is 5.73 Å². The highest BCUT2D eigenvalue weighted by molar-refractivity contribution is 8.77. The van der Waals surface area contributed by atoms with Crippen LogP contribution in [0.4, 0.5) is 0 Å². The summed E-state index contributed by atoms with van der Waals surface area (Å²) in [6.07, 6.45) is 2.57. The second-order valence-corrected chi connectivity index (χ2v) is 9.54. The molecule has 0 aliphatic heterocycles. The lowest BCUT2D eigenvalue weighted by atomic mass is 10.3. The monoisotopic (exact) mass is 328 g/mol. The van der Waals surface area contributed by atoms with Crippen molar-refractivity contribution in [3.05, 3.63) is 0 Å². The molecule has 0 aliphatic carbocycles. The molecule has 110 valence electrons. The zero-order valence-corrected chi connectivity index (χ0v) is 15.0. The van der Waals surface area contributed by atoms with E-state index in [2.05, 4.69) is 18.7 Å². The Bertz CT molecular complexity index is 147. The molecule has 18 heavy (non-hydrogen) atoms. The summed E-state index contributed by atoms with van der Waals surface area (Å²) in [7, 11) is 7.93. The van der Waals surface area contributed by atoms with Crippen molar-refractivity contribution >= 4 is 43.2 Å². The molecule has 2 nitrogen and oxygen atoms in total. The highest BCUT2D eigenvalue weighted by atomic mass is 33.1. The summed E-state index contributed by atoms with van der Waals surface area (Å²) in [4.78, 5) is 2.52. The van der Waals surface area contributed by atoms with E-state index >= 15 is 0 Å². The van der Waals surface area contributed by atoms with E-state index in [9.17, 15) is 0 Å². The molecule has 0 aromatic carbocycles. The average Bonchev–Trinajstić information content (AvgIpc) is 2.38. The van der Waals surface area contributed by atoms with E-state index in [0.717, 1.165) is 13.1 Å². The van der Waals surface area contributed by atoms with Crippen LogP contribution >= 0.6 is 43.2 Å². The van der Waals surface area contributed by atoms with E-state index in [0.29, 0.717) is 0 Å². The van der Waals surface area contributed by atoms with Crippen LogP contribution in [0.2, 0.25) is 0 Å². The van der Waals surface area contributed by atoms with Gasteiger partial charge in [0.1, 0.15) is 0 Å². The topological polar surface area (TPSA) is 29.3 Å². The molecule has 0 radical (unpaired) electrons. The first-order valence-electron chi connectivity index (χ1n) is 6.76. The van der Waals surface area contributed by atoms with Gasteiger partial charge in [0.25, 0.3) is 0 Å². The smallest absolute Gasteiger partial charge is 0.0105 e. The van der Waals surface area contributed by atoms with Crippen LogP contribution in [0, 0.1) is 0 Å². The van der Waals surface area contributed by atoms with Gasteiger partial charge in [-0.15, -0.1) is 0 Å². The average molecular weight is 329 g/mol. The summed E-state index contributed by atoms with van der Waals surface area (Å²) in [6, 6.07) is 0. The van der Waals surface area contributed by atoms with Gasteiger partial charge in [0.15, 0.2) is 0 Å². The molecule has 0 heterocycles. The first kappa shape index (κ1) is 19.3. The van der Waals surface area contributed by atoms with Crippen molar-refractivity contribution in [1.29, 1.82) is 0 Å². The summed E-state index contributed by atoms with van der Waals surface area (Å²) in [5.41, 5.74) is 5.67. The molecule has 0 rings (SSSR count). The summed E-state index contributed by atoms with van der Waals surface area (Å²) in [5, 5.41) is 0. The molecule has 2 N–H and O–H groups in total. The van der Waals surface area contributed by atoms with E-state index in [1.165, 1.54) is 48.9 Å². The van der Waals surface area contributed by atoms with Gasteiger partial charge in [-0.05, 0) is 25.9 Å². The van der Waals surface area contributed by atoms with Crippen LogP contribution in [-0.2, 0) is 0 Å². The molecular weight excluding hydrogens is 300 g/mol. The third kappa shape index (κ3) is 13.7. The standard InChI is InChI=1S/C12H28N2S4/c1-3-15-17-11-5-8-14(10-7-13)9-6-12-18-16-4-2/h3-13H2,1-2H3. The number of nitrogens with zero attached hydrogens (tertiary/aromatic N) is 1. The van der Waals surface area contributed by atoms with Crippen LogP contribution in [0.5, 0.6) is 0 Å². The Hall–Kier alpha value is 1.32. The van der Waals surface area contributed by atoms with E-state index in [-0.39, 0.29) is 0 Å². The number of rotatable bonds is 14. The molecule has 6 heteroatoms. The summed E-state index contributed by atoms with van der Waals surface area (Å²) in [5.74, 6) is 4.95. The maximum absolute atomic E-state index is 5.67. The maximum Gasteiger partial charge on any atom is 0.0105 e. The lowest BCUT2D eigenvalue weighted by Gasteiger charge is -2.21. The van der Waals surface area contributed by atoms with Crippen LogP contribution in [0.3, 0.4) is 0 Å². The van der Waals surface area contributed by atoms with E-state index in [4.69, 9.17) is 5.73 Å². The Morgan fingerprint density at radius 1 is 0.778 bits per heavy atom. The Kier molecular flexibility index (Phi) is 17.6. The van der Waals surface area contributed by atoms with Gasteiger partial charge in [0, 0.05) is 36.1 Å². The molecule has 0 atom stereocenters. The fourth-order valence-corrected chi connectivity index (χ4v) is 4.97. The third-order valence-electron chi connectivity index (χ3n) is 2.25. The van der Waals surface area contributed by atoms with Crippen molar-refractivity contribution in [2.45, 2.75) is 26.7 Å². The molecule has 0 aromatic rings. The fourth-order valence-electron chi connectivity index (χ4n) is 1.50. The van der Waals surface area contributed by atoms with Gasteiger partial charge < -0.3 is 10.6 Å². The van der Waals surface area contributed by atoms with Crippen LogP contribution in [0.25, 0.3) is 0 Å². The van der Waals surface area contributed by atoms with Crippen molar-refractivity contribution < 1.29 is 0 Å². The molecule has 0 bridgehead atoms. The Balaban J connectivity index is 3.45. The minimum Gasteiger partial charge on any atom is -0.329 e. The van der Waals surface area contributed by atoms with Gasteiger partial charge in [-0.25, -0.2) is 0 Å².